The van der Waals surface area contributed by atoms with Gasteiger partial charge in [0, 0.05) is 49.8 Å². The number of nitro groups is 2. The molecule has 6 atom stereocenters. The van der Waals surface area contributed by atoms with Crippen molar-refractivity contribution in [3.8, 4) is 17.2 Å². The minimum Gasteiger partial charge on any atom is -0.507 e. The first kappa shape index (κ1) is 37.2. The van der Waals surface area contributed by atoms with E-state index in [2.05, 4.69) is 0 Å². The number of hydrogen-bond acceptors (Lipinski definition) is 12. The summed E-state index contributed by atoms with van der Waals surface area (Å²) in [5.74, 6) is -9.15. The van der Waals surface area contributed by atoms with Gasteiger partial charge in [-0.05, 0) is 43.9 Å². The molecule has 286 valence electrons. The van der Waals surface area contributed by atoms with Crippen LogP contribution in [0.3, 0.4) is 0 Å². The van der Waals surface area contributed by atoms with Crippen LogP contribution in [-0.2, 0) is 19.2 Å². The number of fused-ring (bicyclic) bond motifs is 4. The zero-order valence-corrected chi connectivity index (χ0v) is 30.7. The first-order valence-corrected chi connectivity index (χ1v) is 17.4. The van der Waals surface area contributed by atoms with Crippen LogP contribution in [-0.4, -0.2) is 66.9 Å². The first-order valence-electron chi connectivity index (χ1n) is 17.0. The molecule has 0 spiro atoms. The topological polar surface area (TPSA) is 203 Å². The number of nitro benzene ring substituents is 2. The summed E-state index contributed by atoms with van der Waals surface area (Å²) >= 11 is 6.08. The Bertz CT molecular complexity index is 2260. The van der Waals surface area contributed by atoms with E-state index in [1.165, 1.54) is 51.4 Å². The first-order chi connectivity index (χ1) is 26.0. The molecule has 2 aliphatic heterocycles. The molecule has 0 aromatic heterocycles. The highest BCUT2D eigenvalue weighted by atomic mass is 35.5. The third-order valence-electron chi connectivity index (χ3n) is 11.4. The van der Waals surface area contributed by atoms with Crippen molar-refractivity contribution in [1.82, 2.24) is 0 Å². The number of nitrogens with zero attached hydrogens (tertiary/aromatic N) is 5. The Hall–Kier alpha value is -6.10. The lowest BCUT2D eigenvalue weighted by Gasteiger charge is -2.49. The number of phenols is 1. The lowest BCUT2D eigenvalue weighted by atomic mass is 9.51. The number of carbonyl (C=O) groups excluding carboxylic acids is 4. The van der Waals surface area contributed by atoms with Crippen LogP contribution in [0.25, 0.3) is 0 Å². The van der Waals surface area contributed by atoms with Crippen molar-refractivity contribution < 1.29 is 48.0 Å². The van der Waals surface area contributed by atoms with Crippen molar-refractivity contribution in [2.75, 3.05) is 43.0 Å². The molecule has 1 N–H and O–H groups in total. The number of benzene rings is 3. The van der Waals surface area contributed by atoms with Gasteiger partial charge in [0.2, 0.25) is 23.6 Å². The van der Waals surface area contributed by atoms with Crippen LogP contribution in [0.5, 0.6) is 17.2 Å². The van der Waals surface area contributed by atoms with E-state index in [0.29, 0.717) is 10.5 Å². The Morgan fingerprint density at radius 1 is 0.909 bits per heavy atom. The summed E-state index contributed by atoms with van der Waals surface area (Å²) in [4.78, 5) is 83.4. The number of ether oxygens (including phenoxy) is 2. The van der Waals surface area contributed by atoms with E-state index in [1.54, 1.807) is 13.0 Å². The van der Waals surface area contributed by atoms with Crippen LogP contribution in [0.2, 0.25) is 5.02 Å². The second kappa shape index (κ2) is 13.0. The molecular weight excluding hydrogens is 745 g/mol. The van der Waals surface area contributed by atoms with Crippen molar-refractivity contribution in [3.05, 3.63) is 90.7 Å². The molecule has 16 nitrogen and oxygen atoms in total. The normalized spacial score (nSPS) is 25.7. The zero-order valence-electron chi connectivity index (χ0n) is 29.9. The molecule has 0 bridgehead atoms. The van der Waals surface area contributed by atoms with Crippen molar-refractivity contribution in [3.63, 3.8) is 0 Å². The summed E-state index contributed by atoms with van der Waals surface area (Å²) in [7, 11) is 5.48. The maximum atomic E-state index is 14.7. The van der Waals surface area contributed by atoms with Crippen molar-refractivity contribution in [2.45, 2.75) is 25.7 Å². The summed E-state index contributed by atoms with van der Waals surface area (Å²) in [5, 5.41) is 35.6. The van der Waals surface area contributed by atoms with E-state index in [1.807, 2.05) is 0 Å². The van der Waals surface area contributed by atoms with E-state index in [0.717, 1.165) is 29.2 Å². The molecule has 55 heavy (non-hydrogen) atoms. The van der Waals surface area contributed by atoms with Crippen LogP contribution >= 0.6 is 11.6 Å². The molecule has 7 rings (SSSR count). The van der Waals surface area contributed by atoms with Gasteiger partial charge in [-0.25, -0.2) is 14.2 Å². The molecule has 3 aromatic rings. The van der Waals surface area contributed by atoms with Gasteiger partial charge in [-0.2, -0.15) is 0 Å². The van der Waals surface area contributed by atoms with E-state index in [9.17, 15) is 48.9 Å². The summed E-state index contributed by atoms with van der Waals surface area (Å²) in [5.41, 5.74) is -3.16. The molecule has 3 fully saturated rings. The Morgan fingerprint density at radius 2 is 1.56 bits per heavy atom. The number of anilines is 3. The van der Waals surface area contributed by atoms with E-state index >= 15 is 0 Å². The second-order valence-electron chi connectivity index (χ2n) is 14.3. The molecule has 0 radical (unpaired) electrons. The van der Waals surface area contributed by atoms with Gasteiger partial charge in [0.15, 0.2) is 5.69 Å². The molecule has 18 heteroatoms. The van der Waals surface area contributed by atoms with E-state index < -0.39 is 85.7 Å². The number of rotatable bonds is 8. The van der Waals surface area contributed by atoms with Gasteiger partial charge < -0.3 is 19.5 Å². The van der Waals surface area contributed by atoms with Crippen molar-refractivity contribution in [2.24, 2.45) is 29.1 Å². The monoisotopic (exact) mass is 777 g/mol. The lowest BCUT2D eigenvalue weighted by Crippen LogP contribution is -2.49. The van der Waals surface area contributed by atoms with Gasteiger partial charge in [-0.3, -0.25) is 39.4 Å². The predicted octanol–water partition coefficient (Wildman–Crippen LogP) is 5.52. The molecule has 1 saturated carbocycles. The van der Waals surface area contributed by atoms with Crippen LogP contribution in [0.4, 0.5) is 32.8 Å². The number of aromatic hydroxyl groups is 1. The highest BCUT2D eigenvalue weighted by Gasteiger charge is 2.68. The Morgan fingerprint density at radius 3 is 2.13 bits per heavy atom. The summed E-state index contributed by atoms with van der Waals surface area (Å²) in [6.07, 6.45) is 1.53. The Balaban J connectivity index is 1.40. The molecule has 2 heterocycles. The van der Waals surface area contributed by atoms with Crippen LogP contribution in [0.1, 0.15) is 31.2 Å². The third-order valence-corrected chi connectivity index (χ3v) is 11.7. The van der Waals surface area contributed by atoms with Crippen LogP contribution < -0.4 is 24.2 Å². The number of imide groups is 2. The quantitative estimate of drug-likeness (QED) is 0.130. The number of halogens is 2. The van der Waals surface area contributed by atoms with Crippen molar-refractivity contribution >= 4 is 63.7 Å². The number of phenolic OH excluding ortho intramolecular Hbond substituents is 1. The number of hydrogen-bond donors (Lipinski definition) is 1. The van der Waals surface area contributed by atoms with Crippen LogP contribution in [0.15, 0.2) is 54.1 Å². The summed E-state index contributed by atoms with van der Waals surface area (Å²) in [6, 6.07) is 8.08. The highest BCUT2D eigenvalue weighted by molar-refractivity contribution is 6.32. The van der Waals surface area contributed by atoms with Crippen molar-refractivity contribution in [1.29, 1.82) is 0 Å². The molecule has 4 aliphatic rings. The number of allylic oxidation sites excluding steroid dienone is 2. The minimum absolute atomic E-state index is 0.000763. The fourth-order valence-electron chi connectivity index (χ4n) is 9.07. The predicted molar refractivity (Wildman–Crippen MR) is 194 cm³/mol. The standard InChI is InChI=1S/C37H33ClFN5O11/c1-37-22(34(47)42(36(37)49)16-6-9-24(39)23(38)10-16)15-21-19(31(37)30-27(45)13-18(54-4)14-28(30)55-5)7-8-20-29(21)35(48)41(33(20)46)17-11-25(43(50)51)32(40(2)3)26(12-17)44(52)53/h6-7,9-14,20-22,29,31,45H,8,15H2,1-5H3. The van der Waals surface area contributed by atoms with Gasteiger partial charge in [-0.1, -0.05) is 23.3 Å². The number of methoxy groups -OCH3 is 2. The Kier molecular flexibility index (Phi) is 8.82. The third kappa shape index (κ3) is 5.31. The molecule has 4 amide bonds. The fourth-order valence-corrected chi connectivity index (χ4v) is 9.24. The molecule has 2 saturated heterocycles. The Labute approximate surface area is 316 Å². The summed E-state index contributed by atoms with van der Waals surface area (Å²) in [6.45, 7) is 1.57. The molecule has 6 unspecified atom stereocenters. The maximum Gasteiger partial charge on any atom is 0.301 e. The number of amides is 4. The zero-order chi connectivity index (χ0) is 40.0. The average molecular weight is 778 g/mol. The SMILES string of the molecule is COc1cc(O)c(C2C3=CCC4C(=O)N(c5cc([N+](=O)[O-])c(N(C)C)c([N+](=O)[O-])c5)C(=O)C4C3CC3C(=O)N(c4ccc(F)c(Cl)c4)C(=O)C32C)c(OC)c1. The smallest absolute Gasteiger partial charge is 0.301 e. The largest absolute Gasteiger partial charge is 0.507 e. The van der Waals surface area contributed by atoms with Gasteiger partial charge in [0.25, 0.3) is 0 Å². The number of carbonyl (C=O) groups is 4. The average Bonchev–Trinajstić information content (AvgIpc) is 3.51. The fraction of sp³-hybridized carbons (Fsp3) is 0.351. The van der Waals surface area contributed by atoms with Gasteiger partial charge in [0.05, 0.1) is 63.6 Å². The maximum absolute atomic E-state index is 14.7. The van der Waals surface area contributed by atoms with Gasteiger partial charge in [0.1, 0.15) is 23.1 Å². The van der Waals surface area contributed by atoms with Gasteiger partial charge in [-0.15, -0.1) is 0 Å². The van der Waals surface area contributed by atoms with E-state index in [4.69, 9.17) is 21.1 Å². The van der Waals surface area contributed by atoms with Crippen LogP contribution in [0, 0.1) is 55.1 Å². The van der Waals surface area contributed by atoms with E-state index in [-0.39, 0.29) is 57.7 Å². The van der Waals surface area contributed by atoms with Gasteiger partial charge >= 0.3 is 11.4 Å². The minimum atomic E-state index is -1.64. The summed E-state index contributed by atoms with van der Waals surface area (Å²) < 4.78 is 25.3. The lowest BCUT2D eigenvalue weighted by molar-refractivity contribution is -0.392. The molecule has 2 aliphatic carbocycles. The second-order valence-corrected chi connectivity index (χ2v) is 14.7. The highest BCUT2D eigenvalue weighted by Crippen LogP contribution is 2.66. The molecule has 3 aromatic carbocycles. The molecular formula is C37H33ClFN5O11.